The molecule has 0 fully saturated rings. The van der Waals surface area contributed by atoms with Gasteiger partial charge in [0.25, 0.3) is 0 Å². The molecule has 1 atom stereocenters. The van der Waals surface area contributed by atoms with E-state index in [1.54, 1.807) is 25.1 Å². The SMILES string of the molecule is CC(=O)Oc1ccccc1C(=O)O.CC1=CC(N)(C(=O)O)NC=C1. The number of hydrogen-bond acceptors (Lipinski definition) is 6. The number of esters is 1. The fourth-order valence-electron chi connectivity index (χ4n) is 1.77. The number of dihydropyridines is 1. The Morgan fingerprint density at radius 2 is 1.83 bits per heavy atom. The number of aromatic carboxylic acids is 1. The molecular weight excluding hydrogens is 316 g/mol. The Labute approximate surface area is 138 Å². The van der Waals surface area contributed by atoms with E-state index < -0.39 is 23.6 Å². The van der Waals surface area contributed by atoms with Crippen molar-refractivity contribution in [3.8, 4) is 5.75 Å². The number of carbonyl (C=O) groups excluding carboxylic acids is 1. The van der Waals surface area contributed by atoms with Gasteiger partial charge in [0.15, 0.2) is 0 Å². The molecule has 1 aliphatic heterocycles. The maximum absolute atomic E-state index is 10.6. The molecule has 8 nitrogen and oxygen atoms in total. The highest BCUT2D eigenvalue weighted by atomic mass is 16.5. The molecule has 1 aromatic carbocycles. The van der Waals surface area contributed by atoms with Crippen molar-refractivity contribution in [2.24, 2.45) is 5.73 Å². The molecule has 0 radical (unpaired) electrons. The van der Waals surface area contributed by atoms with Gasteiger partial charge < -0.3 is 20.3 Å². The van der Waals surface area contributed by atoms with Gasteiger partial charge in [-0.25, -0.2) is 9.59 Å². The molecule has 8 heteroatoms. The number of ether oxygens (including phenoxy) is 1. The zero-order valence-electron chi connectivity index (χ0n) is 13.1. The predicted octanol–water partition coefficient (Wildman–Crippen LogP) is 1.10. The van der Waals surface area contributed by atoms with Crippen molar-refractivity contribution in [1.29, 1.82) is 0 Å². The second-order valence-electron chi connectivity index (χ2n) is 4.94. The Hall–Kier alpha value is -3.13. The highest BCUT2D eigenvalue weighted by molar-refractivity contribution is 5.91. The summed E-state index contributed by atoms with van der Waals surface area (Å²) in [5, 5.41) is 19.9. The lowest BCUT2D eigenvalue weighted by atomic mass is 10.1. The number of carboxylic acid groups (broad SMARTS) is 2. The Morgan fingerprint density at radius 1 is 1.21 bits per heavy atom. The van der Waals surface area contributed by atoms with Crippen molar-refractivity contribution >= 4 is 17.9 Å². The van der Waals surface area contributed by atoms with E-state index in [1.807, 2.05) is 0 Å². The van der Waals surface area contributed by atoms with Crippen LogP contribution in [-0.2, 0) is 9.59 Å². The van der Waals surface area contributed by atoms with Gasteiger partial charge in [0, 0.05) is 6.92 Å². The van der Waals surface area contributed by atoms with Crippen LogP contribution in [0, 0.1) is 0 Å². The van der Waals surface area contributed by atoms with E-state index in [0.29, 0.717) is 0 Å². The standard InChI is InChI=1S/C9H8O4.C7H10N2O2/c1-6(10)13-8-5-3-2-4-7(8)9(11)12;1-5-2-3-9-7(8,4-5)6(10)11/h2-5H,1H3,(H,11,12);2-4,9H,8H2,1H3,(H,10,11). The molecule has 0 bridgehead atoms. The number of carbonyl (C=O) groups is 3. The summed E-state index contributed by atoms with van der Waals surface area (Å²) in [4.78, 5) is 31.7. The number of rotatable bonds is 3. The molecule has 0 amide bonds. The topological polar surface area (TPSA) is 139 Å². The fourth-order valence-corrected chi connectivity index (χ4v) is 1.77. The minimum Gasteiger partial charge on any atom is -0.478 e. The molecule has 0 aromatic heterocycles. The quantitative estimate of drug-likeness (QED) is 0.476. The summed E-state index contributed by atoms with van der Waals surface area (Å²) in [6.07, 6.45) is 4.76. The van der Waals surface area contributed by atoms with E-state index >= 15 is 0 Å². The van der Waals surface area contributed by atoms with Crippen molar-refractivity contribution in [1.82, 2.24) is 5.32 Å². The number of benzene rings is 1. The second kappa shape index (κ2) is 7.93. The number of para-hydroxylation sites is 1. The van der Waals surface area contributed by atoms with E-state index in [9.17, 15) is 14.4 Å². The first-order valence-corrected chi connectivity index (χ1v) is 6.82. The molecule has 0 saturated heterocycles. The van der Waals surface area contributed by atoms with Crippen molar-refractivity contribution < 1.29 is 29.3 Å². The number of allylic oxidation sites excluding steroid dienone is 2. The molecular formula is C16H18N2O6. The third kappa shape index (κ3) is 5.25. The van der Waals surface area contributed by atoms with Gasteiger partial charge in [0.1, 0.15) is 11.3 Å². The molecule has 1 unspecified atom stereocenters. The molecule has 24 heavy (non-hydrogen) atoms. The molecule has 128 valence electrons. The lowest BCUT2D eigenvalue weighted by Gasteiger charge is -2.24. The summed E-state index contributed by atoms with van der Waals surface area (Å²) in [6, 6.07) is 5.98. The summed E-state index contributed by atoms with van der Waals surface area (Å²) in [7, 11) is 0. The molecule has 5 N–H and O–H groups in total. The predicted molar refractivity (Wildman–Crippen MR) is 85.3 cm³/mol. The van der Waals surface area contributed by atoms with E-state index in [2.05, 4.69) is 10.1 Å². The summed E-state index contributed by atoms with van der Waals surface area (Å²) in [5.74, 6) is -2.66. The third-order valence-electron chi connectivity index (χ3n) is 2.85. The molecule has 2 rings (SSSR count). The van der Waals surface area contributed by atoms with Crippen molar-refractivity contribution in [3.05, 3.63) is 53.8 Å². The van der Waals surface area contributed by atoms with Gasteiger partial charge in [-0.1, -0.05) is 12.1 Å². The largest absolute Gasteiger partial charge is 0.478 e. The van der Waals surface area contributed by atoms with Crippen molar-refractivity contribution in [3.63, 3.8) is 0 Å². The summed E-state index contributed by atoms with van der Waals surface area (Å²) in [6.45, 7) is 3.01. The number of nitrogens with two attached hydrogens (primary N) is 1. The van der Waals surface area contributed by atoms with Crippen LogP contribution in [0.5, 0.6) is 5.75 Å². The lowest BCUT2D eigenvalue weighted by molar-refractivity contribution is -0.142. The van der Waals surface area contributed by atoms with Crippen molar-refractivity contribution in [2.75, 3.05) is 0 Å². The number of nitrogens with one attached hydrogen (secondary N) is 1. The number of carboxylic acids is 2. The lowest BCUT2D eigenvalue weighted by Crippen LogP contribution is -2.57. The first-order valence-electron chi connectivity index (χ1n) is 6.82. The second-order valence-corrected chi connectivity index (χ2v) is 4.94. The first kappa shape index (κ1) is 18.9. The molecule has 1 aromatic rings. The minimum atomic E-state index is -1.43. The zero-order valence-corrected chi connectivity index (χ0v) is 13.1. The normalized spacial score (nSPS) is 18.4. The molecule has 0 saturated carbocycles. The Kier molecular flexibility index (Phi) is 6.25. The third-order valence-corrected chi connectivity index (χ3v) is 2.85. The summed E-state index contributed by atoms with van der Waals surface area (Å²) in [5.41, 5.74) is 4.85. The van der Waals surface area contributed by atoms with Gasteiger partial charge in [-0.05, 0) is 43.0 Å². The fraction of sp³-hybridized carbons (Fsp3) is 0.188. The minimum absolute atomic E-state index is 0.0160. The molecule has 1 heterocycles. The van der Waals surface area contributed by atoms with Gasteiger partial charge in [-0.2, -0.15) is 0 Å². The van der Waals surface area contributed by atoms with Crippen LogP contribution < -0.4 is 15.8 Å². The van der Waals surface area contributed by atoms with E-state index in [0.717, 1.165) is 5.57 Å². The van der Waals surface area contributed by atoms with Crippen molar-refractivity contribution in [2.45, 2.75) is 19.5 Å². The average molecular weight is 334 g/mol. The maximum Gasteiger partial charge on any atom is 0.348 e. The van der Waals surface area contributed by atoms with Crippen LogP contribution in [0.15, 0.2) is 48.2 Å². The van der Waals surface area contributed by atoms with Crippen LogP contribution in [0.2, 0.25) is 0 Å². The Bertz CT molecular complexity index is 710. The van der Waals surface area contributed by atoms with Gasteiger partial charge in [-0.15, -0.1) is 0 Å². The van der Waals surface area contributed by atoms with Crippen LogP contribution in [0.25, 0.3) is 0 Å². The van der Waals surface area contributed by atoms with Gasteiger partial charge in [0.2, 0.25) is 5.66 Å². The highest BCUT2D eigenvalue weighted by Crippen LogP contribution is 2.17. The number of hydrogen-bond donors (Lipinski definition) is 4. The van der Waals surface area contributed by atoms with Crippen LogP contribution in [0.4, 0.5) is 0 Å². The Balaban J connectivity index is 0.000000243. The van der Waals surface area contributed by atoms with Gasteiger partial charge >= 0.3 is 17.9 Å². The summed E-state index contributed by atoms with van der Waals surface area (Å²) >= 11 is 0. The summed E-state index contributed by atoms with van der Waals surface area (Å²) < 4.78 is 4.69. The average Bonchev–Trinajstić information content (AvgIpc) is 2.47. The van der Waals surface area contributed by atoms with Gasteiger partial charge in [0.05, 0.1) is 0 Å². The molecule has 0 aliphatic carbocycles. The number of aliphatic carboxylic acids is 1. The van der Waals surface area contributed by atoms with Crippen LogP contribution >= 0.6 is 0 Å². The van der Waals surface area contributed by atoms with Crippen LogP contribution in [0.1, 0.15) is 24.2 Å². The Morgan fingerprint density at radius 3 is 2.29 bits per heavy atom. The van der Waals surface area contributed by atoms with E-state index in [1.165, 1.54) is 31.3 Å². The van der Waals surface area contributed by atoms with Crippen LogP contribution in [-0.4, -0.2) is 33.8 Å². The van der Waals surface area contributed by atoms with E-state index in [-0.39, 0.29) is 11.3 Å². The van der Waals surface area contributed by atoms with Gasteiger partial charge in [-0.3, -0.25) is 10.5 Å². The monoisotopic (exact) mass is 334 g/mol. The highest BCUT2D eigenvalue weighted by Gasteiger charge is 2.31. The molecule has 1 aliphatic rings. The maximum atomic E-state index is 10.6. The van der Waals surface area contributed by atoms with Crippen LogP contribution in [0.3, 0.4) is 0 Å². The molecule has 0 spiro atoms. The van der Waals surface area contributed by atoms with E-state index in [4.69, 9.17) is 15.9 Å². The smallest absolute Gasteiger partial charge is 0.348 e. The first-order chi connectivity index (χ1) is 11.2. The zero-order chi connectivity index (χ0) is 18.3.